The number of nitrogens with zero attached hydrogens (tertiary/aromatic N) is 6. The molecule has 0 aliphatic heterocycles. The molecule has 16 nitrogen and oxygen atoms in total. The standard InChI is InChI=1S/C27H25ClN4O4.C23H17ClN4O4/c1-16(2)15-36-27(35)21-13-20(8-9-23(21)28)31(3)26(34)19-10-11-32-24(12-19)22(14-30-32)17-4-6-18(7-5-17)25(29)33;1-27(16-6-7-19(24)17(11-16)23(31)32)22(30)15-8-9-28-20(10-15)18(12-26-28)13-2-4-14(5-3-13)21(25)29/h4-14,16H,15H2,1-3H3,(H2,29,33);2-12H,1H3,(H2,25,29)(H,31,32). The summed E-state index contributed by atoms with van der Waals surface area (Å²) in [4.78, 5) is 75.8. The van der Waals surface area contributed by atoms with Gasteiger partial charge in [-0.2, -0.15) is 10.2 Å². The van der Waals surface area contributed by atoms with Crippen molar-refractivity contribution < 1.29 is 38.6 Å². The van der Waals surface area contributed by atoms with Crippen molar-refractivity contribution in [2.24, 2.45) is 17.4 Å². The monoisotopic (exact) mass is 952 g/mol. The number of primary amides is 2. The highest BCUT2D eigenvalue weighted by molar-refractivity contribution is 6.34. The molecule has 0 fully saturated rings. The number of nitrogens with two attached hydrogens (primary N) is 2. The second-order valence-corrected chi connectivity index (χ2v) is 16.7. The molecule has 4 aromatic heterocycles. The molecule has 0 aliphatic rings. The van der Waals surface area contributed by atoms with Crippen molar-refractivity contribution in [3.63, 3.8) is 0 Å². The molecule has 4 aromatic carbocycles. The minimum absolute atomic E-state index is 0.0863. The van der Waals surface area contributed by atoms with E-state index in [1.54, 1.807) is 145 Å². The van der Waals surface area contributed by atoms with Crippen LogP contribution in [0.5, 0.6) is 0 Å². The van der Waals surface area contributed by atoms with E-state index in [0.717, 1.165) is 27.8 Å². The van der Waals surface area contributed by atoms with Crippen LogP contribution < -0.4 is 21.3 Å². The average Bonchev–Trinajstić information content (AvgIpc) is 3.97. The summed E-state index contributed by atoms with van der Waals surface area (Å²) in [6.45, 7) is 4.15. The quantitative estimate of drug-likeness (QED) is 0.0989. The number of carbonyl (C=O) groups is 6. The molecule has 0 saturated heterocycles. The molecule has 8 rings (SSSR count). The zero-order valence-electron chi connectivity index (χ0n) is 36.9. The van der Waals surface area contributed by atoms with Gasteiger partial charge in [-0.15, -0.1) is 0 Å². The summed E-state index contributed by atoms with van der Waals surface area (Å²) in [7, 11) is 3.18. The Kier molecular flexibility index (Phi) is 14.0. The zero-order chi connectivity index (χ0) is 49.0. The fourth-order valence-corrected chi connectivity index (χ4v) is 7.40. The Hall–Kier alpha value is -8.34. The fourth-order valence-electron chi connectivity index (χ4n) is 7.01. The maximum atomic E-state index is 13.4. The molecule has 4 heterocycles. The lowest BCUT2D eigenvalue weighted by molar-refractivity contribution is 0.0458. The first-order valence-corrected chi connectivity index (χ1v) is 21.5. The molecule has 0 radical (unpaired) electrons. The van der Waals surface area contributed by atoms with Crippen molar-refractivity contribution in [3.05, 3.63) is 177 Å². The van der Waals surface area contributed by atoms with Crippen molar-refractivity contribution in [1.82, 2.24) is 19.2 Å². The first-order chi connectivity index (χ1) is 32.4. The van der Waals surface area contributed by atoms with E-state index >= 15 is 0 Å². The normalized spacial score (nSPS) is 10.9. The van der Waals surface area contributed by atoms with E-state index in [9.17, 15) is 33.9 Å². The third kappa shape index (κ3) is 10.2. The number of carboxylic acid groups (broad SMARTS) is 1. The predicted octanol–water partition coefficient (Wildman–Crippen LogP) is 8.57. The molecule has 0 atom stereocenters. The van der Waals surface area contributed by atoms with Crippen LogP contribution >= 0.6 is 23.2 Å². The zero-order valence-corrected chi connectivity index (χ0v) is 38.4. The van der Waals surface area contributed by atoms with E-state index in [-0.39, 0.29) is 45.5 Å². The summed E-state index contributed by atoms with van der Waals surface area (Å²) in [5, 5.41) is 18.3. The maximum absolute atomic E-state index is 13.4. The topological polar surface area (TPSA) is 225 Å². The van der Waals surface area contributed by atoms with Gasteiger partial charge >= 0.3 is 11.9 Å². The number of ether oxygens (including phenoxy) is 1. The number of carboxylic acids is 1. The Labute approximate surface area is 398 Å². The second kappa shape index (κ2) is 20.0. The summed E-state index contributed by atoms with van der Waals surface area (Å²) >= 11 is 12.2. The van der Waals surface area contributed by atoms with Gasteiger partial charge in [-0.25, -0.2) is 18.6 Å². The smallest absolute Gasteiger partial charge is 0.339 e. The lowest BCUT2D eigenvalue weighted by Gasteiger charge is -2.19. The van der Waals surface area contributed by atoms with Crippen LogP contribution in [0.3, 0.4) is 0 Å². The van der Waals surface area contributed by atoms with Crippen LogP contribution in [0.15, 0.2) is 134 Å². The summed E-state index contributed by atoms with van der Waals surface area (Å²) in [6, 6.07) is 29.6. The molecule has 0 unspecified atom stereocenters. The number of aromatic carboxylic acids is 1. The minimum Gasteiger partial charge on any atom is -0.478 e. The van der Waals surface area contributed by atoms with E-state index in [1.165, 1.54) is 21.9 Å². The number of esters is 1. The van der Waals surface area contributed by atoms with Crippen molar-refractivity contribution in [3.8, 4) is 22.3 Å². The Morgan fingerprint density at radius 2 is 1.01 bits per heavy atom. The van der Waals surface area contributed by atoms with Gasteiger partial charge in [-0.1, -0.05) is 61.3 Å². The highest BCUT2D eigenvalue weighted by Crippen LogP contribution is 2.30. The SMILES string of the molecule is CC(C)COC(=O)c1cc(N(C)C(=O)c2ccn3ncc(-c4ccc(C(N)=O)cc4)c3c2)ccc1Cl.CN(C(=O)c1ccn2ncc(-c3ccc(C(N)=O)cc3)c2c1)c1ccc(Cl)c(C(=O)O)c1. The van der Waals surface area contributed by atoms with Gasteiger partial charge in [0.15, 0.2) is 0 Å². The summed E-state index contributed by atoms with van der Waals surface area (Å²) in [5.41, 5.74) is 17.9. The third-order valence-electron chi connectivity index (χ3n) is 10.8. The van der Waals surface area contributed by atoms with Gasteiger partial charge in [0.2, 0.25) is 11.8 Å². The van der Waals surface area contributed by atoms with Gasteiger partial charge in [0, 0.05) is 71.2 Å². The Bertz CT molecular complexity index is 3280. The lowest BCUT2D eigenvalue weighted by Crippen LogP contribution is -2.26. The van der Waals surface area contributed by atoms with Crippen molar-refractivity contribution in [1.29, 1.82) is 0 Å². The fraction of sp³-hybridized carbons (Fsp3) is 0.120. The number of fused-ring (bicyclic) bond motifs is 2. The summed E-state index contributed by atoms with van der Waals surface area (Å²) in [6.07, 6.45) is 6.74. The highest BCUT2D eigenvalue weighted by Gasteiger charge is 2.21. The van der Waals surface area contributed by atoms with E-state index in [1.807, 2.05) is 13.8 Å². The number of hydrogen-bond donors (Lipinski definition) is 3. The number of carbonyl (C=O) groups excluding carboxylic acids is 5. The molecule has 0 spiro atoms. The van der Waals surface area contributed by atoms with Crippen molar-refractivity contribution in [2.75, 3.05) is 30.5 Å². The summed E-state index contributed by atoms with van der Waals surface area (Å²) < 4.78 is 8.61. The molecule has 5 N–H and O–H groups in total. The average molecular weight is 954 g/mol. The van der Waals surface area contributed by atoms with E-state index in [2.05, 4.69) is 10.2 Å². The number of rotatable bonds is 12. The molecule has 344 valence electrons. The van der Waals surface area contributed by atoms with Gasteiger partial charge in [0.1, 0.15) is 0 Å². The molecular formula is C50H42Cl2N8O8. The molecule has 68 heavy (non-hydrogen) atoms. The van der Waals surface area contributed by atoms with Crippen molar-refractivity contribution in [2.45, 2.75) is 13.8 Å². The minimum atomic E-state index is -1.18. The van der Waals surface area contributed by atoms with Crippen LogP contribution in [0, 0.1) is 5.92 Å². The van der Waals surface area contributed by atoms with Gasteiger partial charge in [0.25, 0.3) is 11.8 Å². The Morgan fingerprint density at radius 1 is 0.603 bits per heavy atom. The summed E-state index contributed by atoms with van der Waals surface area (Å²) in [5.74, 6) is -3.16. The van der Waals surface area contributed by atoms with E-state index in [0.29, 0.717) is 39.1 Å². The number of benzene rings is 4. The largest absolute Gasteiger partial charge is 0.478 e. The molecule has 0 bridgehead atoms. The van der Waals surface area contributed by atoms with Gasteiger partial charge in [-0.3, -0.25) is 19.2 Å². The van der Waals surface area contributed by atoms with Crippen LogP contribution in [-0.2, 0) is 4.74 Å². The Morgan fingerprint density at radius 3 is 1.41 bits per heavy atom. The first kappa shape index (κ1) is 47.6. The third-order valence-corrected chi connectivity index (χ3v) is 11.4. The first-order valence-electron chi connectivity index (χ1n) is 20.7. The molecule has 0 saturated carbocycles. The van der Waals surface area contributed by atoms with Crippen LogP contribution in [0.1, 0.15) is 76.0 Å². The van der Waals surface area contributed by atoms with Gasteiger partial charge in [0.05, 0.1) is 51.2 Å². The van der Waals surface area contributed by atoms with Crippen LogP contribution in [0.4, 0.5) is 11.4 Å². The molecule has 0 aliphatic carbocycles. The molecule has 8 aromatic rings. The number of anilines is 2. The van der Waals surface area contributed by atoms with Gasteiger partial charge < -0.3 is 31.1 Å². The molecule has 18 heteroatoms. The van der Waals surface area contributed by atoms with Crippen molar-refractivity contribution >= 4 is 81.2 Å². The number of amides is 4. The second-order valence-electron chi connectivity index (χ2n) is 15.8. The maximum Gasteiger partial charge on any atom is 0.339 e. The van der Waals surface area contributed by atoms with Crippen LogP contribution in [-0.4, -0.2) is 80.6 Å². The highest BCUT2D eigenvalue weighted by atomic mass is 35.5. The Balaban J connectivity index is 0.000000203. The van der Waals surface area contributed by atoms with E-state index in [4.69, 9.17) is 39.4 Å². The number of pyridine rings is 2. The lowest BCUT2D eigenvalue weighted by atomic mass is 10.0. The van der Waals surface area contributed by atoms with Crippen LogP contribution in [0.25, 0.3) is 33.3 Å². The molecular weight excluding hydrogens is 912 g/mol. The number of aromatic nitrogens is 4. The molecule has 4 amide bonds. The van der Waals surface area contributed by atoms with E-state index < -0.39 is 23.8 Å². The predicted molar refractivity (Wildman–Crippen MR) is 259 cm³/mol. The number of hydrogen-bond acceptors (Lipinski definition) is 9. The number of halogens is 2. The van der Waals surface area contributed by atoms with Gasteiger partial charge in [-0.05, 0) is 102 Å². The van der Waals surface area contributed by atoms with Crippen LogP contribution in [0.2, 0.25) is 10.0 Å².